The van der Waals surface area contributed by atoms with Gasteiger partial charge in [0, 0.05) is 19.2 Å². The van der Waals surface area contributed by atoms with Crippen molar-refractivity contribution in [1.29, 1.82) is 5.26 Å². The van der Waals surface area contributed by atoms with E-state index in [9.17, 15) is 22.9 Å². The number of benzene rings is 3. The third-order valence-electron chi connectivity index (χ3n) is 4.19. The van der Waals surface area contributed by atoms with Gasteiger partial charge in [-0.25, -0.2) is 12.8 Å². The lowest BCUT2D eigenvalue weighted by Crippen LogP contribution is -2.26. The van der Waals surface area contributed by atoms with Crippen LogP contribution in [-0.4, -0.2) is 20.4 Å². The number of ether oxygens (including phenoxy) is 1. The van der Waals surface area contributed by atoms with Crippen molar-refractivity contribution in [2.75, 3.05) is 11.4 Å². The fraction of sp³-hybridized carbons (Fsp3) is 0.0500. The zero-order valence-electron chi connectivity index (χ0n) is 15.5. The summed E-state index contributed by atoms with van der Waals surface area (Å²) in [7, 11) is -2.56. The van der Waals surface area contributed by atoms with Gasteiger partial charge in [0.25, 0.3) is 10.0 Å². The Morgan fingerprint density at radius 1 is 1.07 bits per heavy atom. The van der Waals surface area contributed by atoms with Crippen molar-refractivity contribution in [1.82, 2.24) is 0 Å². The summed E-state index contributed by atoms with van der Waals surface area (Å²) in [6, 6.07) is 15.8. The lowest BCUT2D eigenvalue weighted by atomic mass is 10.2. The summed E-state index contributed by atoms with van der Waals surface area (Å²) in [4.78, 5) is 10.5. The van der Waals surface area contributed by atoms with Crippen LogP contribution in [0.2, 0.25) is 0 Å². The lowest BCUT2D eigenvalue weighted by molar-refractivity contribution is -0.385. The van der Waals surface area contributed by atoms with E-state index in [1.165, 1.54) is 61.6 Å². The molecule has 0 aliphatic heterocycles. The van der Waals surface area contributed by atoms with Gasteiger partial charge in [0.1, 0.15) is 11.6 Å². The molecule has 10 heteroatoms. The minimum atomic E-state index is -3.91. The van der Waals surface area contributed by atoms with E-state index in [-0.39, 0.29) is 27.6 Å². The molecule has 30 heavy (non-hydrogen) atoms. The first-order chi connectivity index (χ1) is 14.2. The van der Waals surface area contributed by atoms with Crippen LogP contribution < -0.4 is 9.04 Å². The van der Waals surface area contributed by atoms with E-state index in [1.807, 2.05) is 6.07 Å². The number of hydrogen-bond acceptors (Lipinski definition) is 6. The summed E-state index contributed by atoms with van der Waals surface area (Å²) in [5, 5.41) is 20.1. The van der Waals surface area contributed by atoms with Crippen LogP contribution in [0.5, 0.6) is 11.5 Å². The summed E-state index contributed by atoms with van der Waals surface area (Å²) >= 11 is 0. The third kappa shape index (κ3) is 4.21. The SMILES string of the molecule is CN(c1ccc(Oc2cc(C#N)ccc2[N+](=O)[O-])cc1)S(=O)(=O)c1ccc(F)cc1. The smallest absolute Gasteiger partial charge is 0.311 e. The number of anilines is 1. The molecule has 0 fully saturated rings. The second-order valence-corrected chi connectivity index (χ2v) is 8.04. The van der Waals surface area contributed by atoms with Gasteiger partial charge >= 0.3 is 5.69 Å². The van der Waals surface area contributed by atoms with E-state index in [0.29, 0.717) is 5.69 Å². The molecule has 0 amide bonds. The molecule has 0 atom stereocenters. The maximum atomic E-state index is 13.1. The summed E-state index contributed by atoms with van der Waals surface area (Å²) in [6.07, 6.45) is 0. The molecule has 3 aromatic rings. The minimum absolute atomic E-state index is 0.0735. The first-order valence-corrected chi connectivity index (χ1v) is 9.87. The molecule has 0 spiro atoms. The number of nitro groups is 1. The molecule has 0 aliphatic carbocycles. The van der Waals surface area contributed by atoms with Gasteiger partial charge in [0.2, 0.25) is 5.75 Å². The molecule has 0 saturated heterocycles. The fourth-order valence-corrected chi connectivity index (χ4v) is 3.77. The standard InChI is InChI=1S/C20H14FN3O5S/c1-23(30(27,28)18-9-3-15(21)4-10-18)16-5-7-17(8-6-16)29-20-12-14(13-22)2-11-19(20)24(25)26/h2-12H,1H3. The number of nitrogens with zero attached hydrogens (tertiary/aromatic N) is 3. The molecule has 0 radical (unpaired) electrons. The Morgan fingerprint density at radius 2 is 1.70 bits per heavy atom. The van der Waals surface area contributed by atoms with Gasteiger partial charge in [-0.05, 0) is 54.6 Å². The van der Waals surface area contributed by atoms with Crippen molar-refractivity contribution in [3.8, 4) is 17.6 Å². The first-order valence-electron chi connectivity index (χ1n) is 8.43. The Kier molecular flexibility index (Phi) is 5.66. The predicted molar refractivity (Wildman–Crippen MR) is 106 cm³/mol. The van der Waals surface area contributed by atoms with Crippen molar-refractivity contribution < 1.29 is 22.5 Å². The second kappa shape index (κ2) is 8.18. The molecule has 152 valence electrons. The quantitative estimate of drug-likeness (QED) is 0.430. The van der Waals surface area contributed by atoms with Crippen molar-refractivity contribution in [3.05, 3.63) is 88.2 Å². The van der Waals surface area contributed by atoms with Gasteiger partial charge in [0.15, 0.2) is 0 Å². The third-order valence-corrected chi connectivity index (χ3v) is 5.99. The van der Waals surface area contributed by atoms with Crippen LogP contribution in [0.25, 0.3) is 0 Å². The summed E-state index contributed by atoms with van der Waals surface area (Å²) in [6.45, 7) is 0. The van der Waals surface area contributed by atoms with E-state index >= 15 is 0 Å². The van der Waals surface area contributed by atoms with E-state index in [0.717, 1.165) is 16.4 Å². The number of nitriles is 1. The van der Waals surface area contributed by atoms with Crippen LogP contribution in [0.15, 0.2) is 71.6 Å². The van der Waals surface area contributed by atoms with Gasteiger partial charge in [-0.3, -0.25) is 14.4 Å². The van der Waals surface area contributed by atoms with Crippen LogP contribution in [0.3, 0.4) is 0 Å². The Balaban J connectivity index is 1.86. The predicted octanol–water partition coefficient (Wildman–Crippen LogP) is 4.22. The van der Waals surface area contributed by atoms with Gasteiger partial charge < -0.3 is 4.74 Å². The van der Waals surface area contributed by atoms with Crippen LogP contribution in [0.4, 0.5) is 15.8 Å². The Hall–Kier alpha value is -3.97. The van der Waals surface area contributed by atoms with E-state index < -0.39 is 20.8 Å². The normalized spacial score (nSPS) is 10.8. The molecule has 3 rings (SSSR count). The Morgan fingerprint density at radius 3 is 2.27 bits per heavy atom. The van der Waals surface area contributed by atoms with Gasteiger partial charge in [-0.15, -0.1) is 0 Å². The molecule has 8 nitrogen and oxygen atoms in total. The summed E-state index contributed by atoms with van der Waals surface area (Å²) in [5.74, 6) is -0.448. The van der Waals surface area contributed by atoms with Crippen molar-refractivity contribution in [2.45, 2.75) is 4.90 Å². The lowest BCUT2D eigenvalue weighted by Gasteiger charge is -2.19. The average Bonchev–Trinajstić information content (AvgIpc) is 2.73. The summed E-state index contributed by atoms with van der Waals surface area (Å²) < 4.78 is 45.0. The van der Waals surface area contributed by atoms with Gasteiger partial charge in [-0.2, -0.15) is 5.26 Å². The van der Waals surface area contributed by atoms with Crippen molar-refractivity contribution in [2.24, 2.45) is 0 Å². The zero-order chi connectivity index (χ0) is 21.9. The maximum absolute atomic E-state index is 13.1. The fourth-order valence-electron chi connectivity index (χ4n) is 2.57. The molecular formula is C20H14FN3O5S. The number of rotatable bonds is 6. The highest BCUT2D eigenvalue weighted by molar-refractivity contribution is 7.92. The molecule has 0 unspecified atom stereocenters. The van der Waals surface area contributed by atoms with Gasteiger partial charge in [0.05, 0.1) is 27.1 Å². The van der Waals surface area contributed by atoms with Crippen LogP contribution in [0, 0.1) is 27.3 Å². The molecule has 0 heterocycles. The number of hydrogen-bond donors (Lipinski definition) is 0. The summed E-state index contributed by atoms with van der Waals surface area (Å²) in [5.41, 5.74) is 0.179. The molecule has 0 aliphatic rings. The van der Waals surface area contributed by atoms with E-state index in [4.69, 9.17) is 10.00 Å². The molecule has 0 bridgehead atoms. The van der Waals surface area contributed by atoms with Crippen molar-refractivity contribution >= 4 is 21.4 Å². The Labute approximate surface area is 171 Å². The topological polar surface area (TPSA) is 114 Å². The molecule has 0 N–H and O–H groups in total. The number of nitro benzene ring substituents is 1. The van der Waals surface area contributed by atoms with E-state index in [2.05, 4.69) is 0 Å². The van der Waals surface area contributed by atoms with E-state index in [1.54, 1.807) is 0 Å². The Bertz CT molecular complexity index is 1240. The minimum Gasteiger partial charge on any atom is -0.450 e. The largest absolute Gasteiger partial charge is 0.450 e. The zero-order valence-corrected chi connectivity index (χ0v) is 16.3. The number of sulfonamides is 1. The highest BCUT2D eigenvalue weighted by Gasteiger charge is 2.22. The van der Waals surface area contributed by atoms with Gasteiger partial charge in [-0.1, -0.05) is 0 Å². The molecule has 3 aromatic carbocycles. The monoisotopic (exact) mass is 427 g/mol. The average molecular weight is 427 g/mol. The first kappa shape index (κ1) is 20.8. The molecular weight excluding hydrogens is 413 g/mol. The van der Waals surface area contributed by atoms with Crippen LogP contribution >= 0.6 is 0 Å². The van der Waals surface area contributed by atoms with Crippen LogP contribution in [0.1, 0.15) is 5.56 Å². The number of halogens is 1. The molecule has 0 aromatic heterocycles. The highest BCUT2D eigenvalue weighted by atomic mass is 32.2. The molecule has 0 saturated carbocycles. The maximum Gasteiger partial charge on any atom is 0.311 e. The highest BCUT2D eigenvalue weighted by Crippen LogP contribution is 2.33. The second-order valence-electron chi connectivity index (χ2n) is 6.07. The van der Waals surface area contributed by atoms with Crippen LogP contribution in [-0.2, 0) is 10.0 Å². The van der Waals surface area contributed by atoms with Crippen molar-refractivity contribution in [3.63, 3.8) is 0 Å².